The summed E-state index contributed by atoms with van der Waals surface area (Å²) in [7, 11) is 4.59. The van der Waals surface area contributed by atoms with E-state index in [1.807, 2.05) is 24.3 Å². The van der Waals surface area contributed by atoms with E-state index >= 15 is 0 Å². The Morgan fingerprint density at radius 1 is 0.851 bits per heavy atom. The minimum Gasteiger partial charge on any atom is -0.507 e. The van der Waals surface area contributed by atoms with E-state index in [1.165, 1.54) is 32.1 Å². The number of fused-ring (bicyclic) bond motifs is 4. The van der Waals surface area contributed by atoms with Crippen LogP contribution in [0.2, 0.25) is 0 Å². The molecular formula is C37H32O10. The zero-order chi connectivity index (χ0) is 32.7. The number of hydrogen-bond donors (Lipinski definition) is 1. The first-order valence-electron chi connectivity index (χ1n) is 15.2. The first-order valence-corrected chi connectivity index (χ1v) is 15.2. The van der Waals surface area contributed by atoms with Gasteiger partial charge in [0.05, 0.1) is 46.5 Å². The Labute approximate surface area is 270 Å². The van der Waals surface area contributed by atoms with Gasteiger partial charge >= 0.3 is 5.97 Å². The van der Waals surface area contributed by atoms with Gasteiger partial charge in [-0.1, -0.05) is 24.3 Å². The molecule has 1 unspecified atom stereocenters. The summed E-state index contributed by atoms with van der Waals surface area (Å²) < 4.78 is 39.8. The molecule has 0 saturated heterocycles. The number of ether oxygens (including phenoxy) is 6. The Morgan fingerprint density at radius 2 is 1.64 bits per heavy atom. The fraction of sp³-hybridized carbons (Fsp3) is 0.243. The SMILES string of the molecule is COc1ccc(-c2coc3c4c(cc(O)c3c2=O)OC(=O)CC4c2ccc(OC)c(OCCc3ccc4c(c3)CCO4)c2)cc1OC. The molecule has 2 aliphatic rings. The minimum atomic E-state index is -0.561. The Kier molecular flexibility index (Phi) is 7.85. The van der Waals surface area contributed by atoms with Crippen molar-refractivity contribution < 1.29 is 42.7 Å². The molecule has 0 saturated carbocycles. The largest absolute Gasteiger partial charge is 0.507 e. The van der Waals surface area contributed by atoms with E-state index in [0.717, 1.165) is 23.3 Å². The molecule has 2 aliphatic heterocycles. The van der Waals surface area contributed by atoms with Crippen molar-refractivity contribution in [2.75, 3.05) is 34.5 Å². The van der Waals surface area contributed by atoms with Crippen molar-refractivity contribution in [3.63, 3.8) is 0 Å². The number of aromatic hydroxyl groups is 1. The van der Waals surface area contributed by atoms with E-state index in [4.69, 9.17) is 32.8 Å². The number of carbonyl (C=O) groups is 1. The monoisotopic (exact) mass is 636 g/mol. The molecular weight excluding hydrogens is 604 g/mol. The van der Waals surface area contributed by atoms with Crippen LogP contribution in [0.15, 0.2) is 76.1 Å². The maximum Gasteiger partial charge on any atom is 0.312 e. The second-order valence-corrected chi connectivity index (χ2v) is 11.3. The van der Waals surface area contributed by atoms with Gasteiger partial charge in [0.15, 0.2) is 23.0 Å². The van der Waals surface area contributed by atoms with E-state index in [-0.39, 0.29) is 34.5 Å². The van der Waals surface area contributed by atoms with Crippen LogP contribution in [-0.2, 0) is 17.6 Å². The third kappa shape index (κ3) is 5.45. The van der Waals surface area contributed by atoms with E-state index in [9.17, 15) is 14.7 Å². The zero-order valence-electron chi connectivity index (χ0n) is 26.1. The number of phenolic OH excluding ortho intramolecular Hbond substituents is 1. The highest BCUT2D eigenvalue weighted by Gasteiger charge is 2.34. The van der Waals surface area contributed by atoms with Gasteiger partial charge in [0.1, 0.15) is 34.5 Å². The van der Waals surface area contributed by atoms with Crippen molar-refractivity contribution in [2.45, 2.75) is 25.2 Å². The van der Waals surface area contributed by atoms with Crippen molar-refractivity contribution in [3.8, 4) is 51.4 Å². The van der Waals surface area contributed by atoms with E-state index in [2.05, 4.69) is 6.07 Å². The number of rotatable bonds is 9. The van der Waals surface area contributed by atoms with Gasteiger partial charge in [-0.2, -0.15) is 0 Å². The standard InChI is InChI=1S/C37H32O10/c1-41-28-8-6-22(15-30(28)43-3)25-19-46-37-34-24(17-33(39)47-32(34)18-26(38)35(37)36(25)40)21-5-9-29(42-2)31(16-21)45-12-10-20-4-7-27-23(14-20)11-13-44-27/h4-9,14-16,18-19,24,38H,10-13,17H2,1-3H3. The molecule has 0 spiro atoms. The molecule has 10 heteroatoms. The van der Waals surface area contributed by atoms with E-state index < -0.39 is 17.3 Å². The summed E-state index contributed by atoms with van der Waals surface area (Å²) in [6.07, 6.45) is 2.90. The third-order valence-electron chi connectivity index (χ3n) is 8.66. The first-order chi connectivity index (χ1) is 22.9. The number of methoxy groups -OCH3 is 3. The fourth-order valence-electron chi connectivity index (χ4n) is 6.32. The van der Waals surface area contributed by atoms with Gasteiger partial charge in [0, 0.05) is 30.4 Å². The predicted molar refractivity (Wildman–Crippen MR) is 173 cm³/mol. The smallest absolute Gasteiger partial charge is 0.312 e. The lowest BCUT2D eigenvalue weighted by molar-refractivity contribution is -0.135. The van der Waals surface area contributed by atoms with Crippen LogP contribution in [-0.4, -0.2) is 45.6 Å². The van der Waals surface area contributed by atoms with Gasteiger partial charge < -0.3 is 37.9 Å². The second-order valence-electron chi connectivity index (χ2n) is 11.3. The van der Waals surface area contributed by atoms with Crippen molar-refractivity contribution in [1.29, 1.82) is 0 Å². The topological polar surface area (TPSA) is 123 Å². The maximum absolute atomic E-state index is 13.9. The Balaban J connectivity index is 1.25. The summed E-state index contributed by atoms with van der Waals surface area (Å²) in [5, 5.41) is 11.0. The summed E-state index contributed by atoms with van der Waals surface area (Å²) in [5.74, 6) is 1.64. The van der Waals surface area contributed by atoms with Gasteiger partial charge in [-0.05, 0) is 52.6 Å². The zero-order valence-corrected chi connectivity index (χ0v) is 26.1. The molecule has 4 aromatic carbocycles. The molecule has 0 fully saturated rings. The third-order valence-corrected chi connectivity index (χ3v) is 8.66. The maximum atomic E-state index is 13.9. The van der Waals surface area contributed by atoms with Gasteiger partial charge in [0.25, 0.3) is 0 Å². The number of hydrogen-bond acceptors (Lipinski definition) is 10. The van der Waals surface area contributed by atoms with Crippen LogP contribution >= 0.6 is 0 Å². The van der Waals surface area contributed by atoms with E-state index in [1.54, 1.807) is 31.4 Å². The van der Waals surface area contributed by atoms with Gasteiger partial charge in [0.2, 0.25) is 5.43 Å². The molecule has 0 radical (unpaired) electrons. The molecule has 3 heterocycles. The summed E-state index contributed by atoms with van der Waals surface area (Å²) in [4.78, 5) is 26.7. The average molecular weight is 637 g/mol. The van der Waals surface area contributed by atoms with Crippen LogP contribution < -0.4 is 33.8 Å². The fourth-order valence-corrected chi connectivity index (χ4v) is 6.32. The average Bonchev–Trinajstić information content (AvgIpc) is 3.55. The molecule has 0 amide bonds. The normalized spacial score (nSPS) is 15.0. The molecule has 47 heavy (non-hydrogen) atoms. The molecule has 1 atom stereocenters. The molecule has 0 bridgehead atoms. The van der Waals surface area contributed by atoms with E-state index in [0.29, 0.717) is 53.8 Å². The van der Waals surface area contributed by atoms with Gasteiger partial charge in [-0.15, -0.1) is 0 Å². The van der Waals surface area contributed by atoms with Crippen LogP contribution in [0.3, 0.4) is 0 Å². The highest BCUT2D eigenvalue weighted by atomic mass is 16.5. The molecule has 5 aromatic rings. The van der Waals surface area contributed by atoms with Crippen molar-refractivity contribution >= 4 is 16.9 Å². The molecule has 10 nitrogen and oxygen atoms in total. The lowest BCUT2D eigenvalue weighted by Crippen LogP contribution is -2.22. The Bertz CT molecular complexity index is 2080. The van der Waals surface area contributed by atoms with Crippen LogP contribution in [0.1, 0.15) is 34.6 Å². The highest BCUT2D eigenvalue weighted by molar-refractivity contribution is 5.94. The number of phenols is 1. The summed E-state index contributed by atoms with van der Waals surface area (Å²) >= 11 is 0. The summed E-state index contributed by atoms with van der Waals surface area (Å²) in [5.41, 5.74) is 3.96. The second kappa shape index (κ2) is 12.3. The van der Waals surface area contributed by atoms with Gasteiger partial charge in [-0.3, -0.25) is 9.59 Å². The number of benzene rings is 4. The lowest BCUT2D eigenvalue weighted by atomic mass is 9.84. The van der Waals surface area contributed by atoms with Gasteiger partial charge in [-0.25, -0.2) is 0 Å². The van der Waals surface area contributed by atoms with Crippen molar-refractivity contribution in [2.24, 2.45) is 0 Å². The molecule has 1 aromatic heterocycles. The molecule has 7 rings (SSSR count). The quantitative estimate of drug-likeness (QED) is 0.148. The predicted octanol–water partition coefficient (Wildman–Crippen LogP) is 6.19. The van der Waals surface area contributed by atoms with Crippen molar-refractivity contribution in [3.05, 3.63) is 99.4 Å². The Hall–Kier alpha value is -5.64. The molecule has 0 aliphatic carbocycles. The highest BCUT2D eigenvalue weighted by Crippen LogP contribution is 2.47. The van der Waals surface area contributed by atoms with Crippen LogP contribution in [0.25, 0.3) is 22.1 Å². The van der Waals surface area contributed by atoms with Crippen molar-refractivity contribution in [1.82, 2.24) is 0 Å². The van der Waals surface area contributed by atoms with Crippen LogP contribution in [0.4, 0.5) is 0 Å². The summed E-state index contributed by atoms with van der Waals surface area (Å²) in [6, 6.07) is 18.0. The Morgan fingerprint density at radius 3 is 2.45 bits per heavy atom. The summed E-state index contributed by atoms with van der Waals surface area (Å²) in [6.45, 7) is 1.10. The first kappa shape index (κ1) is 30.0. The number of esters is 1. The minimum absolute atomic E-state index is 0.0169. The lowest BCUT2D eigenvalue weighted by Gasteiger charge is -2.26. The van der Waals surface area contributed by atoms with Crippen LogP contribution in [0.5, 0.6) is 40.2 Å². The molecule has 1 N–H and O–H groups in total. The van der Waals surface area contributed by atoms with Crippen LogP contribution in [0, 0.1) is 0 Å². The number of carbonyl (C=O) groups excluding carboxylic acids is 1. The molecule has 240 valence electrons.